The number of esters is 1. The number of nitrogens with one attached hydrogen (secondary N) is 1. The molecular weight excluding hydrogens is 388 g/mol. The molecule has 0 saturated heterocycles. The van der Waals surface area contributed by atoms with Crippen molar-refractivity contribution in [3.8, 4) is 0 Å². The third-order valence-corrected chi connectivity index (χ3v) is 5.71. The van der Waals surface area contributed by atoms with Gasteiger partial charge >= 0.3 is 5.97 Å². The van der Waals surface area contributed by atoms with E-state index in [1.165, 1.54) is 16.0 Å². The quantitative estimate of drug-likeness (QED) is 0.763. The second kappa shape index (κ2) is 8.86. The zero-order valence-corrected chi connectivity index (χ0v) is 17.6. The fraction of sp³-hybridized carbons (Fsp3) is 0.500. The number of aromatic nitrogens is 2. The summed E-state index contributed by atoms with van der Waals surface area (Å²) in [5, 5.41) is 7.48. The highest BCUT2D eigenvalue weighted by Crippen LogP contribution is 2.38. The van der Waals surface area contributed by atoms with Gasteiger partial charge in [0.15, 0.2) is 0 Å². The van der Waals surface area contributed by atoms with Crippen LogP contribution in [0.1, 0.15) is 52.1 Å². The van der Waals surface area contributed by atoms with Crippen molar-refractivity contribution >= 4 is 40.6 Å². The lowest BCUT2D eigenvalue weighted by atomic mass is 10.0. The number of hydrogen-bond donors (Lipinski definition) is 1. The molecule has 7 nitrogen and oxygen atoms in total. The summed E-state index contributed by atoms with van der Waals surface area (Å²) in [5.41, 5.74) is 1.95. The van der Waals surface area contributed by atoms with Crippen LogP contribution in [-0.2, 0) is 24.8 Å². The second-order valence-corrected chi connectivity index (χ2v) is 7.64. The van der Waals surface area contributed by atoms with E-state index in [4.69, 9.17) is 4.74 Å². The highest BCUT2D eigenvalue weighted by atomic mass is 35.5. The van der Waals surface area contributed by atoms with Crippen molar-refractivity contribution in [1.29, 1.82) is 0 Å². The maximum atomic E-state index is 12.6. The number of hydrogen-bond acceptors (Lipinski definition) is 6. The number of carbonyl (C=O) groups is 2. The molecule has 0 radical (unpaired) electrons. The monoisotopic (exact) mass is 412 g/mol. The molecular formula is C18H25ClN4O3S. The van der Waals surface area contributed by atoms with E-state index in [1.807, 2.05) is 0 Å². The Morgan fingerprint density at radius 3 is 2.74 bits per heavy atom. The van der Waals surface area contributed by atoms with Gasteiger partial charge in [-0.1, -0.05) is 0 Å². The van der Waals surface area contributed by atoms with Crippen LogP contribution in [0.3, 0.4) is 0 Å². The van der Waals surface area contributed by atoms with Crippen LogP contribution in [0.4, 0.5) is 5.00 Å². The van der Waals surface area contributed by atoms with E-state index in [9.17, 15) is 9.59 Å². The molecule has 0 aromatic carbocycles. The van der Waals surface area contributed by atoms with Crippen molar-refractivity contribution in [3.63, 3.8) is 0 Å². The lowest BCUT2D eigenvalue weighted by Crippen LogP contribution is -2.35. The number of thiophene rings is 1. The predicted molar refractivity (Wildman–Crippen MR) is 108 cm³/mol. The second-order valence-electron chi connectivity index (χ2n) is 6.54. The van der Waals surface area contributed by atoms with Crippen LogP contribution >= 0.6 is 23.7 Å². The summed E-state index contributed by atoms with van der Waals surface area (Å²) in [4.78, 5) is 28.6. The smallest absolute Gasteiger partial charge is 0.341 e. The fourth-order valence-corrected chi connectivity index (χ4v) is 4.39. The minimum absolute atomic E-state index is 0. The number of carbonyl (C=O) groups excluding carboxylic acids is 2. The van der Waals surface area contributed by atoms with E-state index in [0.717, 1.165) is 30.0 Å². The normalized spacial score (nSPS) is 13.8. The van der Waals surface area contributed by atoms with Crippen LogP contribution in [0.2, 0.25) is 0 Å². The zero-order chi connectivity index (χ0) is 18.8. The van der Waals surface area contributed by atoms with Gasteiger partial charge in [0.05, 0.1) is 12.2 Å². The summed E-state index contributed by atoms with van der Waals surface area (Å²) < 4.78 is 6.76. The Balaban J connectivity index is 0.00000261. The van der Waals surface area contributed by atoms with Gasteiger partial charge in [-0.3, -0.25) is 14.4 Å². The van der Waals surface area contributed by atoms with Crippen molar-refractivity contribution in [1.82, 2.24) is 14.7 Å². The van der Waals surface area contributed by atoms with Crippen LogP contribution in [0.5, 0.6) is 0 Å². The van der Waals surface area contributed by atoms with Gasteiger partial charge in [0.1, 0.15) is 10.7 Å². The minimum Gasteiger partial charge on any atom is -0.462 e. The van der Waals surface area contributed by atoms with Gasteiger partial charge in [-0.25, -0.2) is 4.79 Å². The molecule has 2 aromatic rings. The number of halogens is 1. The third kappa shape index (κ3) is 4.34. The largest absolute Gasteiger partial charge is 0.462 e. The molecule has 0 unspecified atom stereocenters. The molecule has 0 aliphatic carbocycles. The van der Waals surface area contributed by atoms with Crippen LogP contribution in [0, 0.1) is 0 Å². The van der Waals surface area contributed by atoms with Gasteiger partial charge < -0.3 is 10.1 Å². The summed E-state index contributed by atoms with van der Waals surface area (Å²) in [7, 11) is 1.71. The number of anilines is 1. The molecule has 27 heavy (non-hydrogen) atoms. The molecule has 1 aliphatic heterocycles. The van der Waals surface area contributed by atoms with Crippen molar-refractivity contribution in [3.05, 3.63) is 34.0 Å². The van der Waals surface area contributed by atoms with Crippen molar-refractivity contribution in [2.75, 3.05) is 18.5 Å². The SMILES string of the molecule is CCOC(=O)c1c(NC(=O)c2ccnn2C)sc2c1CCN(C(C)C)C2.Cl. The number of aryl methyl sites for hydroxylation is 1. The number of fused-ring (bicyclic) bond motifs is 1. The van der Waals surface area contributed by atoms with Crippen molar-refractivity contribution < 1.29 is 14.3 Å². The van der Waals surface area contributed by atoms with Crippen LogP contribution in [0.25, 0.3) is 0 Å². The van der Waals surface area contributed by atoms with Gasteiger partial charge in [-0.15, -0.1) is 23.7 Å². The summed E-state index contributed by atoms with van der Waals surface area (Å²) in [6.45, 7) is 8.09. The molecule has 2 aromatic heterocycles. The Hall–Kier alpha value is -1.90. The maximum Gasteiger partial charge on any atom is 0.341 e. The molecule has 1 N–H and O–H groups in total. The van der Waals surface area contributed by atoms with E-state index in [1.54, 1.807) is 26.2 Å². The molecule has 3 heterocycles. The first-order valence-electron chi connectivity index (χ1n) is 8.77. The van der Waals surface area contributed by atoms with Crippen molar-refractivity contribution in [2.45, 2.75) is 39.8 Å². The lowest BCUT2D eigenvalue weighted by molar-refractivity contribution is 0.0526. The average molecular weight is 413 g/mol. The Morgan fingerprint density at radius 2 is 2.15 bits per heavy atom. The molecule has 9 heteroatoms. The first-order chi connectivity index (χ1) is 12.4. The number of nitrogens with zero attached hydrogens (tertiary/aromatic N) is 3. The fourth-order valence-electron chi connectivity index (χ4n) is 3.14. The summed E-state index contributed by atoms with van der Waals surface area (Å²) in [6.07, 6.45) is 2.35. The minimum atomic E-state index is -0.372. The van der Waals surface area contributed by atoms with Gasteiger partial charge in [0, 0.05) is 37.3 Å². The van der Waals surface area contributed by atoms with Crippen LogP contribution < -0.4 is 5.32 Å². The van der Waals surface area contributed by atoms with Gasteiger partial charge in [-0.2, -0.15) is 5.10 Å². The molecule has 3 rings (SSSR count). The van der Waals surface area contributed by atoms with E-state index in [0.29, 0.717) is 28.9 Å². The molecule has 1 amide bonds. The van der Waals surface area contributed by atoms with Crippen LogP contribution in [-0.4, -0.2) is 45.8 Å². The standard InChI is InChI=1S/C18H24N4O3S.ClH/c1-5-25-18(24)15-12-7-9-22(11(2)3)10-14(12)26-17(15)20-16(23)13-6-8-19-21(13)4;/h6,8,11H,5,7,9-10H2,1-4H3,(H,20,23);1H. The topological polar surface area (TPSA) is 76.5 Å². The van der Waals surface area contributed by atoms with E-state index >= 15 is 0 Å². The molecule has 0 saturated carbocycles. The number of amides is 1. The molecule has 0 bridgehead atoms. The number of rotatable bonds is 5. The summed E-state index contributed by atoms with van der Waals surface area (Å²) in [6, 6.07) is 2.08. The predicted octanol–water partition coefficient (Wildman–Crippen LogP) is 3.10. The molecule has 0 spiro atoms. The maximum absolute atomic E-state index is 12.6. The Bertz CT molecular complexity index is 831. The Labute approximate surface area is 169 Å². The van der Waals surface area contributed by atoms with E-state index < -0.39 is 0 Å². The van der Waals surface area contributed by atoms with E-state index in [2.05, 4.69) is 29.2 Å². The third-order valence-electron chi connectivity index (χ3n) is 4.58. The summed E-state index contributed by atoms with van der Waals surface area (Å²) in [5.74, 6) is -0.654. The molecule has 0 atom stereocenters. The van der Waals surface area contributed by atoms with Gasteiger partial charge in [-0.05, 0) is 38.8 Å². The Morgan fingerprint density at radius 1 is 1.41 bits per heavy atom. The Kier molecular flexibility index (Phi) is 7.02. The highest BCUT2D eigenvalue weighted by molar-refractivity contribution is 7.17. The molecule has 1 aliphatic rings. The highest BCUT2D eigenvalue weighted by Gasteiger charge is 2.30. The molecule has 148 valence electrons. The lowest BCUT2D eigenvalue weighted by Gasteiger charge is -2.30. The first-order valence-corrected chi connectivity index (χ1v) is 9.59. The number of ether oxygens (including phenoxy) is 1. The van der Waals surface area contributed by atoms with Crippen molar-refractivity contribution in [2.24, 2.45) is 7.05 Å². The first kappa shape index (κ1) is 21.4. The summed E-state index contributed by atoms with van der Waals surface area (Å²) >= 11 is 1.46. The van der Waals surface area contributed by atoms with Gasteiger partial charge in [0.25, 0.3) is 5.91 Å². The van der Waals surface area contributed by atoms with Crippen LogP contribution in [0.15, 0.2) is 12.3 Å². The van der Waals surface area contributed by atoms with Gasteiger partial charge in [0.2, 0.25) is 0 Å². The molecule has 0 fully saturated rings. The average Bonchev–Trinajstić information content (AvgIpc) is 3.17. The zero-order valence-electron chi connectivity index (χ0n) is 15.9. The van der Waals surface area contributed by atoms with E-state index in [-0.39, 0.29) is 24.3 Å².